The van der Waals surface area contributed by atoms with Gasteiger partial charge in [-0.15, -0.1) is 0 Å². The first-order valence-electron chi connectivity index (χ1n) is 6.54. The molecule has 4 nitrogen and oxygen atoms in total. The number of aromatic nitrogens is 2. The molecule has 0 radical (unpaired) electrons. The summed E-state index contributed by atoms with van der Waals surface area (Å²) in [5, 5.41) is 3.56. The van der Waals surface area contributed by atoms with Gasteiger partial charge in [0.1, 0.15) is 12.1 Å². The molecule has 2 heterocycles. The van der Waals surface area contributed by atoms with Crippen molar-refractivity contribution in [3.05, 3.63) is 53.6 Å². The van der Waals surface area contributed by atoms with Crippen LogP contribution in [0.3, 0.4) is 0 Å². The minimum Gasteiger partial charge on any atom is -0.493 e. The highest BCUT2D eigenvalue weighted by Gasteiger charge is 2.21. The summed E-state index contributed by atoms with van der Waals surface area (Å²) in [6.07, 6.45) is 6.23. The van der Waals surface area contributed by atoms with Crippen LogP contribution in [-0.4, -0.2) is 16.6 Å². The van der Waals surface area contributed by atoms with Crippen molar-refractivity contribution in [1.29, 1.82) is 0 Å². The fraction of sp³-hybridized carbons (Fsp3) is 0.333. The molecule has 1 aliphatic rings. The predicted molar refractivity (Wildman–Crippen MR) is 72.9 cm³/mol. The molecule has 0 amide bonds. The Balaban J connectivity index is 1.75. The van der Waals surface area contributed by atoms with Gasteiger partial charge in [0.2, 0.25) is 0 Å². The molecule has 0 unspecified atom stereocenters. The van der Waals surface area contributed by atoms with Gasteiger partial charge in [0, 0.05) is 42.5 Å². The summed E-state index contributed by atoms with van der Waals surface area (Å²) in [6, 6.07) is 6.65. The minimum absolute atomic E-state index is 0.337. The number of fused-ring (bicyclic) bond motifs is 1. The molecule has 98 valence electrons. The van der Waals surface area contributed by atoms with Crippen LogP contribution in [0.15, 0.2) is 36.9 Å². The molecule has 3 rings (SSSR count). The number of hydrogen-bond donors (Lipinski definition) is 1. The zero-order chi connectivity index (χ0) is 13.1. The SMILES string of the molecule is Cc1cccc2c1OCC[C@H]2NCc1cncnc1. The smallest absolute Gasteiger partial charge is 0.126 e. The average molecular weight is 255 g/mol. The molecule has 1 aromatic heterocycles. The number of benzene rings is 1. The van der Waals surface area contributed by atoms with Gasteiger partial charge in [-0.2, -0.15) is 0 Å². The summed E-state index contributed by atoms with van der Waals surface area (Å²) in [7, 11) is 0. The highest BCUT2D eigenvalue weighted by Crippen LogP contribution is 2.34. The Kier molecular flexibility index (Phi) is 3.42. The molecule has 2 aromatic rings. The first-order valence-corrected chi connectivity index (χ1v) is 6.54. The number of aryl methyl sites for hydroxylation is 1. The van der Waals surface area contributed by atoms with Crippen LogP contribution < -0.4 is 10.1 Å². The third-order valence-corrected chi connectivity index (χ3v) is 3.44. The van der Waals surface area contributed by atoms with Gasteiger partial charge in [-0.05, 0) is 12.5 Å². The highest BCUT2D eigenvalue weighted by molar-refractivity contribution is 5.43. The van der Waals surface area contributed by atoms with E-state index in [-0.39, 0.29) is 0 Å². The maximum Gasteiger partial charge on any atom is 0.126 e. The van der Waals surface area contributed by atoms with E-state index in [4.69, 9.17) is 4.74 Å². The molecule has 1 aliphatic heterocycles. The minimum atomic E-state index is 0.337. The van der Waals surface area contributed by atoms with Gasteiger partial charge in [-0.25, -0.2) is 9.97 Å². The fourth-order valence-electron chi connectivity index (χ4n) is 2.46. The second-order valence-electron chi connectivity index (χ2n) is 4.81. The van der Waals surface area contributed by atoms with Crippen LogP contribution in [0, 0.1) is 6.92 Å². The number of nitrogens with one attached hydrogen (secondary N) is 1. The Hall–Kier alpha value is -1.94. The molecule has 0 fully saturated rings. The second kappa shape index (κ2) is 5.36. The molecular weight excluding hydrogens is 238 g/mol. The van der Waals surface area contributed by atoms with Crippen LogP contribution in [0.1, 0.15) is 29.2 Å². The lowest BCUT2D eigenvalue weighted by Crippen LogP contribution is -2.27. The maximum atomic E-state index is 5.77. The van der Waals surface area contributed by atoms with Crippen LogP contribution in [0.5, 0.6) is 5.75 Å². The summed E-state index contributed by atoms with van der Waals surface area (Å²) >= 11 is 0. The molecule has 0 aliphatic carbocycles. The molecule has 4 heteroatoms. The quantitative estimate of drug-likeness (QED) is 0.915. The molecule has 1 atom stereocenters. The lowest BCUT2D eigenvalue weighted by molar-refractivity contribution is 0.250. The van der Waals surface area contributed by atoms with E-state index in [0.717, 1.165) is 30.9 Å². The lowest BCUT2D eigenvalue weighted by Gasteiger charge is -2.28. The van der Waals surface area contributed by atoms with Crippen LogP contribution in [0.2, 0.25) is 0 Å². The molecular formula is C15H17N3O. The first-order chi connectivity index (χ1) is 9.34. The van der Waals surface area contributed by atoms with Gasteiger partial charge in [0.05, 0.1) is 6.61 Å². The molecule has 0 bridgehead atoms. The van der Waals surface area contributed by atoms with E-state index in [1.165, 1.54) is 11.1 Å². The number of para-hydroxylation sites is 1. The second-order valence-corrected chi connectivity index (χ2v) is 4.81. The normalized spacial score (nSPS) is 17.6. The Labute approximate surface area is 112 Å². The number of nitrogens with zero attached hydrogens (tertiary/aromatic N) is 2. The topological polar surface area (TPSA) is 47.0 Å². The van der Waals surface area contributed by atoms with Gasteiger partial charge >= 0.3 is 0 Å². The predicted octanol–water partition coefficient (Wildman–Crippen LogP) is 2.40. The van der Waals surface area contributed by atoms with Crippen molar-refractivity contribution in [2.75, 3.05) is 6.61 Å². The summed E-state index contributed by atoms with van der Waals surface area (Å²) < 4.78 is 5.77. The summed E-state index contributed by atoms with van der Waals surface area (Å²) in [4.78, 5) is 8.06. The fourth-order valence-corrected chi connectivity index (χ4v) is 2.46. The summed E-state index contributed by atoms with van der Waals surface area (Å²) in [5.74, 6) is 1.04. The van der Waals surface area contributed by atoms with Crippen molar-refractivity contribution in [3.63, 3.8) is 0 Å². The number of hydrogen-bond acceptors (Lipinski definition) is 4. The van der Waals surface area contributed by atoms with E-state index in [1.54, 1.807) is 6.33 Å². The van der Waals surface area contributed by atoms with Gasteiger partial charge in [0.25, 0.3) is 0 Å². The highest BCUT2D eigenvalue weighted by atomic mass is 16.5. The standard InChI is InChI=1S/C15H17N3O/c1-11-3-2-4-13-14(5-6-19-15(11)13)18-9-12-7-16-10-17-8-12/h2-4,7-8,10,14,18H,5-6,9H2,1H3/t14-/m1/s1. The Morgan fingerprint density at radius 2 is 2.16 bits per heavy atom. The van der Waals surface area contributed by atoms with Crippen LogP contribution in [0.25, 0.3) is 0 Å². The lowest BCUT2D eigenvalue weighted by atomic mass is 9.98. The average Bonchev–Trinajstić information content (AvgIpc) is 2.47. The van der Waals surface area contributed by atoms with Gasteiger partial charge in [-0.3, -0.25) is 0 Å². The molecule has 0 saturated heterocycles. The van der Waals surface area contributed by atoms with Gasteiger partial charge in [0.15, 0.2) is 0 Å². The maximum absolute atomic E-state index is 5.77. The first kappa shape index (κ1) is 12.1. The van der Waals surface area contributed by atoms with Crippen molar-refractivity contribution in [2.24, 2.45) is 0 Å². The molecule has 19 heavy (non-hydrogen) atoms. The molecule has 0 saturated carbocycles. The van der Waals surface area contributed by atoms with Crippen molar-refractivity contribution in [1.82, 2.24) is 15.3 Å². The monoisotopic (exact) mass is 255 g/mol. The Bertz CT molecular complexity index is 557. The Morgan fingerprint density at radius 1 is 1.32 bits per heavy atom. The summed E-state index contributed by atoms with van der Waals surface area (Å²) in [5.41, 5.74) is 3.55. The van der Waals surface area contributed by atoms with E-state index in [9.17, 15) is 0 Å². The molecule has 1 N–H and O–H groups in total. The van der Waals surface area contributed by atoms with E-state index in [1.807, 2.05) is 12.4 Å². The third kappa shape index (κ3) is 2.58. The van der Waals surface area contributed by atoms with Crippen LogP contribution in [0.4, 0.5) is 0 Å². The van der Waals surface area contributed by atoms with Crippen molar-refractivity contribution in [2.45, 2.75) is 25.9 Å². The van der Waals surface area contributed by atoms with Gasteiger partial charge in [-0.1, -0.05) is 18.2 Å². The van der Waals surface area contributed by atoms with Crippen molar-refractivity contribution in [3.8, 4) is 5.75 Å². The van der Waals surface area contributed by atoms with Gasteiger partial charge < -0.3 is 10.1 Å². The Morgan fingerprint density at radius 3 is 3.00 bits per heavy atom. The number of ether oxygens (including phenoxy) is 1. The molecule has 1 aromatic carbocycles. The number of rotatable bonds is 3. The third-order valence-electron chi connectivity index (χ3n) is 3.44. The van der Waals surface area contributed by atoms with E-state index < -0.39 is 0 Å². The van der Waals surface area contributed by atoms with Crippen LogP contribution in [-0.2, 0) is 6.54 Å². The van der Waals surface area contributed by atoms with E-state index >= 15 is 0 Å². The largest absolute Gasteiger partial charge is 0.493 e. The zero-order valence-electron chi connectivity index (χ0n) is 11.0. The molecule has 0 spiro atoms. The van der Waals surface area contributed by atoms with E-state index in [0.29, 0.717) is 6.04 Å². The van der Waals surface area contributed by atoms with Crippen molar-refractivity contribution >= 4 is 0 Å². The van der Waals surface area contributed by atoms with E-state index in [2.05, 4.69) is 40.4 Å². The van der Waals surface area contributed by atoms with Crippen LogP contribution >= 0.6 is 0 Å². The van der Waals surface area contributed by atoms with Crippen molar-refractivity contribution < 1.29 is 4.74 Å². The summed E-state index contributed by atoms with van der Waals surface area (Å²) in [6.45, 7) is 3.63. The zero-order valence-corrected chi connectivity index (χ0v) is 11.0.